The monoisotopic (exact) mass is 330 g/mol. The lowest BCUT2D eigenvalue weighted by atomic mass is 9.99. The molecular weight excluding hydrogens is 308 g/mol. The molecule has 0 fully saturated rings. The van der Waals surface area contributed by atoms with Gasteiger partial charge in [-0.2, -0.15) is 5.10 Å². The molecule has 1 aliphatic heterocycles. The zero-order valence-electron chi connectivity index (χ0n) is 14.2. The lowest BCUT2D eigenvalue weighted by molar-refractivity contribution is -0.00709. The fourth-order valence-electron chi connectivity index (χ4n) is 3.17. The fraction of sp³-hybridized carbons (Fsp3) is 0.471. The molecule has 7 heteroatoms. The Hall–Kier alpha value is -2.41. The highest BCUT2D eigenvalue weighted by atomic mass is 16.5. The molecule has 128 valence electrons. The van der Waals surface area contributed by atoms with E-state index in [4.69, 9.17) is 4.74 Å². The highest BCUT2D eigenvalue weighted by molar-refractivity contribution is 5.94. The number of carbonyl (C=O) groups excluding carboxylic acids is 1. The van der Waals surface area contributed by atoms with E-state index in [0.29, 0.717) is 25.2 Å². The van der Waals surface area contributed by atoms with Crippen molar-refractivity contribution in [2.45, 2.75) is 39.0 Å². The van der Waals surface area contributed by atoms with Crippen LogP contribution in [0.3, 0.4) is 0 Å². The van der Waals surface area contributed by atoms with Crippen molar-refractivity contribution in [3.63, 3.8) is 0 Å². The maximum atomic E-state index is 12.6. The zero-order chi connectivity index (χ0) is 17.3. The third-order valence-electron chi connectivity index (χ3n) is 4.24. The van der Waals surface area contributed by atoms with Crippen LogP contribution in [0.4, 0.5) is 0 Å². The van der Waals surface area contributed by atoms with Crippen LogP contribution in [0.2, 0.25) is 0 Å². The normalized spacial score (nSPS) is 19.8. The van der Waals surface area contributed by atoms with Gasteiger partial charge < -0.3 is 14.6 Å². The Bertz CT molecular complexity index is 808. The summed E-state index contributed by atoms with van der Waals surface area (Å²) in [5.74, 6) is -0.170. The molecule has 7 nitrogen and oxygen atoms in total. The Morgan fingerprint density at radius 3 is 2.96 bits per heavy atom. The fourth-order valence-corrected chi connectivity index (χ4v) is 3.17. The Morgan fingerprint density at radius 1 is 1.42 bits per heavy atom. The van der Waals surface area contributed by atoms with Gasteiger partial charge in [-0.05, 0) is 19.9 Å². The van der Waals surface area contributed by atoms with Crippen LogP contribution >= 0.6 is 0 Å². The highest BCUT2D eigenvalue weighted by Crippen LogP contribution is 2.30. The van der Waals surface area contributed by atoms with E-state index in [9.17, 15) is 9.59 Å². The molecule has 1 amide bonds. The maximum absolute atomic E-state index is 12.6. The van der Waals surface area contributed by atoms with Crippen LogP contribution in [-0.2, 0) is 24.8 Å². The molecule has 0 unspecified atom stereocenters. The van der Waals surface area contributed by atoms with E-state index >= 15 is 0 Å². The molecular formula is C17H22N4O3. The van der Waals surface area contributed by atoms with Gasteiger partial charge >= 0.3 is 0 Å². The minimum atomic E-state index is -0.170. The predicted octanol–water partition coefficient (Wildman–Crippen LogP) is 1.03. The summed E-state index contributed by atoms with van der Waals surface area (Å²) in [6, 6.07) is 5.00. The van der Waals surface area contributed by atoms with Gasteiger partial charge in [0.1, 0.15) is 5.69 Å². The van der Waals surface area contributed by atoms with Gasteiger partial charge in [0.05, 0.1) is 17.9 Å². The van der Waals surface area contributed by atoms with E-state index in [2.05, 4.69) is 10.4 Å². The van der Waals surface area contributed by atoms with Crippen LogP contribution < -0.4 is 10.9 Å². The molecule has 0 bridgehead atoms. The maximum Gasteiger partial charge on any atom is 0.269 e. The Balaban J connectivity index is 1.72. The number of nitrogens with zero attached hydrogens (tertiary/aromatic N) is 3. The van der Waals surface area contributed by atoms with Crippen molar-refractivity contribution in [3.05, 3.63) is 51.7 Å². The Labute approximate surface area is 140 Å². The summed E-state index contributed by atoms with van der Waals surface area (Å²) in [6.45, 7) is 4.76. The number of ether oxygens (including phenoxy) is 1. The van der Waals surface area contributed by atoms with Crippen molar-refractivity contribution in [1.82, 2.24) is 19.7 Å². The van der Waals surface area contributed by atoms with Gasteiger partial charge in [-0.15, -0.1) is 0 Å². The van der Waals surface area contributed by atoms with Gasteiger partial charge in [-0.3, -0.25) is 14.3 Å². The van der Waals surface area contributed by atoms with E-state index in [1.807, 2.05) is 13.8 Å². The van der Waals surface area contributed by atoms with Gasteiger partial charge in [-0.25, -0.2) is 0 Å². The molecule has 0 saturated heterocycles. The quantitative estimate of drug-likeness (QED) is 0.908. The summed E-state index contributed by atoms with van der Waals surface area (Å²) in [5.41, 5.74) is 2.29. The van der Waals surface area contributed by atoms with Crippen molar-refractivity contribution < 1.29 is 9.53 Å². The zero-order valence-corrected chi connectivity index (χ0v) is 14.2. The molecule has 2 aromatic rings. The van der Waals surface area contributed by atoms with E-state index in [0.717, 1.165) is 11.3 Å². The molecule has 3 rings (SSSR count). The van der Waals surface area contributed by atoms with E-state index < -0.39 is 0 Å². The first kappa shape index (κ1) is 16.4. The van der Waals surface area contributed by atoms with Gasteiger partial charge in [0.25, 0.3) is 11.5 Å². The average molecular weight is 330 g/mol. The molecule has 2 aromatic heterocycles. The van der Waals surface area contributed by atoms with Crippen LogP contribution in [0.25, 0.3) is 0 Å². The number of rotatable bonds is 4. The second-order valence-electron chi connectivity index (χ2n) is 6.12. The number of amides is 1. The van der Waals surface area contributed by atoms with Crippen LogP contribution in [0.1, 0.15) is 41.7 Å². The van der Waals surface area contributed by atoms with Gasteiger partial charge in [-0.1, -0.05) is 6.07 Å². The predicted molar refractivity (Wildman–Crippen MR) is 88.9 cm³/mol. The average Bonchev–Trinajstić information content (AvgIpc) is 2.85. The third kappa shape index (κ3) is 3.12. The molecule has 3 heterocycles. The molecule has 0 aromatic carbocycles. The van der Waals surface area contributed by atoms with Crippen molar-refractivity contribution in [2.75, 3.05) is 6.54 Å². The van der Waals surface area contributed by atoms with E-state index in [1.165, 1.54) is 6.07 Å². The minimum Gasteiger partial charge on any atom is -0.369 e. The van der Waals surface area contributed by atoms with Crippen LogP contribution in [-0.4, -0.2) is 32.9 Å². The number of fused-ring (bicyclic) bond motifs is 1. The van der Waals surface area contributed by atoms with E-state index in [1.54, 1.807) is 34.6 Å². The number of pyridine rings is 1. The molecule has 1 aliphatic rings. The summed E-state index contributed by atoms with van der Waals surface area (Å²) in [5, 5.41) is 7.32. The minimum absolute atomic E-state index is 0.0612. The van der Waals surface area contributed by atoms with Crippen molar-refractivity contribution in [2.24, 2.45) is 7.05 Å². The molecule has 0 spiro atoms. The van der Waals surface area contributed by atoms with Crippen LogP contribution in [0.5, 0.6) is 0 Å². The molecule has 0 saturated carbocycles. The van der Waals surface area contributed by atoms with Crippen LogP contribution in [0.15, 0.2) is 29.2 Å². The Kier molecular flexibility index (Phi) is 4.53. The molecule has 1 N–H and O–H groups in total. The standard InChI is InChI=1S/C17H22N4O3/c1-11-10-13-15(12(2)24-11)19-20(3)16(13)17(23)18-7-9-21-8-5-4-6-14(21)22/h4-6,8,11-12H,7,9-10H2,1-3H3,(H,18,23)/t11-,12+/m1/s1. The lowest BCUT2D eigenvalue weighted by Crippen LogP contribution is -2.32. The second-order valence-corrected chi connectivity index (χ2v) is 6.12. The van der Waals surface area contributed by atoms with E-state index in [-0.39, 0.29) is 23.7 Å². The summed E-state index contributed by atoms with van der Waals surface area (Å²) in [6.07, 6.45) is 2.33. The third-order valence-corrected chi connectivity index (χ3v) is 4.24. The summed E-state index contributed by atoms with van der Waals surface area (Å²) in [7, 11) is 1.77. The molecule has 0 aliphatic carbocycles. The van der Waals surface area contributed by atoms with Crippen molar-refractivity contribution in [1.29, 1.82) is 0 Å². The molecule has 2 atom stereocenters. The highest BCUT2D eigenvalue weighted by Gasteiger charge is 2.31. The number of aromatic nitrogens is 3. The summed E-state index contributed by atoms with van der Waals surface area (Å²) < 4.78 is 8.95. The first-order chi connectivity index (χ1) is 11.5. The van der Waals surface area contributed by atoms with Gasteiger partial charge in [0.2, 0.25) is 0 Å². The summed E-state index contributed by atoms with van der Waals surface area (Å²) in [4.78, 5) is 24.3. The van der Waals surface area contributed by atoms with Gasteiger partial charge in [0, 0.05) is 44.4 Å². The number of hydrogen-bond acceptors (Lipinski definition) is 4. The largest absolute Gasteiger partial charge is 0.369 e. The molecule has 24 heavy (non-hydrogen) atoms. The van der Waals surface area contributed by atoms with Crippen molar-refractivity contribution >= 4 is 5.91 Å². The first-order valence-electron chi connectivity index (χ1n) is 8.12. The SMILES string of the molecule is C[C@@H]1Cc2c(nn(C)c2C(=O)NCCn2ccccc2=O)[C@H](C)O1. The van der Waals surface area contributed by atoms with Crippen molar-refractivity contribution in [3.8, 4) is 0 Å². The first-order valence-corrected chi connectivity index (χ1v) is 8.12. The number of aryl methyl sites for hydroxylation is 1. The number of hydrogen-bond donors (Lipinski definition) is 1. The topological polar surface area (TPSA) is 78.2 Å². The lowest BCUT2D eigenvalue weighted by Gasteiger charge is -2.24. The van der Waals surface area contributed by atoms with Crippen LogP contribution in [0, 0.1) is 0 Å². The smallest absolute Gasteiger partial charge is 0.269 e. The summed E-state index contributed by atoms with van der Waals surface area (Å²) >= 11 is 0. The van der Waals surface area contributed by atoms with Gasteiger partial charge in [0.15, 0.2) is 0 Å². The Morgan fingerprint density at radius 2 is 2.21 bits per heavy atom. The second kappa shape index (κ2) is 6.60. The number of carbonyl (C=O) groups is 1. The number of nitrogens with one attached hydrogen (secondary N) is 1. The molecule has 0 radical (unpaired) electrons.